The summed E-state index contributed by atoms with van der Waals surface area (Å²) in [7, 11) is 1.70. The summed E-state index contributed by atoms with van der Waals surface area (Å²) < 4.78 is 5.60. The van der Waals surface area contributed by atoms with Crippen molar-refractivity contribution in [3.8, 4) is 0 Å². The average Bonchev–Trinajstić information content (AvgIpc) is 2.73. The molecule has 5 nitrogen and oxygen atoms in total. The molecule has 2 aromatic heterocycles. The highest BCUT2D eigenvalue weighted by molar-refractivity contribution is 9.10. The van der Waals surface area contributed by atoms with Crippen LogP contribution in [0.25, 0.3) is 0 Å². The third kappa shape index (κ3) is 2.95. The van der Waals surface area contributed by atoms with E-state index in [1.165, 1.54) is 0 Å². The number of halogens is 1. The summed E-state index contributed by atoms with van der Waals surface area (Å²) >= 11 is 3.24. The lowest BCUT2D eigenvalue weighted by atomic mass is 10.3. The van der Waals surface area contributed by atoms with Gasteiger partial charge in [0, 0.05) is 13.1 Å². The summed E-state index contributed by atoms with van der Waals surface area (Å²) in [5.41, 5.74) is 1.12. The molecular weight excluding hydrogens is 298 g/mol. The zero-order valence-corrected chi connectivity index (χ0v) is 11.6. The molecule has 0 atom stereocenters. The Labute approximate surface area is 113 Å². The fraction of sp³-hybridized carbons (Fsp3) is 0.250. The van der Waals surface area contributed by atoms with Crippen molar-refractivity contribution >= 4 is 21.8 Å². The molecule has 2 heterocycles. The number of hydrogen-bond acceptors (Lipinski definition) is 4. The van der Waals surface area contributed by atoms with Gasteiger partial charge in [-0.3, -0.25) is 4.79 Å². The van der Waals surface area contributed by atoms with Gasteiger partial charge >= 0.3 is 0 Å². The molecule has 0 aliphatic rings. The smallest absolute Gasteiger partial charge is 0.272 e. The van der Waals surface area contributed by atoms with E-state index in [9.17, 15) is 4.79 Å². The monoisotopic (exact) mass is 309 g/mol. The van der Waals surface area contributed by atoms with Crippen LogP contribution in [-0.4, -0.2) is 28.0 Å². The molecule has 0 fully saturated rings. The van der Waals surface area contributed by atoms with Crippen LogP contribution in [0.1, 0.15) is 21.9 Å². The van der Waals surface area contributed by atoms with E-state index >= 15 is 0 Å². The van der Waals surface area contributed by atoms with Crippen molar-refractivity contribution in [3.05, 3.63) is 46.0 Å². The molecule has 94 valence electrons. The zero-order chi connectivity index (χ0) is 13.1. The molecule has 0 aliphatic carbocycles. The van der Waals surface area contributed by atoms with Crippen molar-refractivity contribution in [2.45, 2.75) is 13.5 Å². The van der Waals surface area contributed by atoms with Crippen LogP contribution in [0.2, 0.25) is 0 Å². The van der Waals surface area contributed by atoms with Crippen LogP contribution in [0.15, 0.2) is 33.4 Å². The van der Waals surface area contributed by atoms with Crippen LogP contribution in [-0.2, 0) is 6.54 Å². The second-order valence-electron chi connectivity index (χ2n) is 3.94. The second-order valence-corrected chi connectivity index (χ2v) is 4.75. The van der Waals surface area contributed by atoms with Crippen molar-refractivity contribution in [1.29, 1.82) is 0 Å². The number of nitrogens with zero attached hydrogens (tertiary/aromatic N) is 3. The molecule has 0 saturated carbocycles. The maximum absolute atomic E-state index is 12.1. The molecular formula is C12H12BrN3O2. The molecule has 0 saturated heterocycles. The lowest BCUT2D eigenvalue weighted by molar-refractivity contribution is 0.0776. The molecule has 0 aliphatic heterocycles. The summed E-state index contributed by atoms with van der Waals surface area (Å²) in [6.07, 6.45) is 0. The normalized spacial score (nSPS) is 10.4. The lowest BCUT2D eigenvalue weighted by Crippen LogP contribution is -2.27. The molecule has 18 heavy (non-hydrogen) atoms. The van der Waals surface area contributed by atoms with E-state index in [1.807, 2.05) is 6.92 Å². The molecule has 0 radical (unpaired) electrons. The number of aryl methyl sites for hydroxylation is 1. The van der Waals surface area contributed by atoms with Crippen LogP contribution >= 0.6 is 15.9 Å². The molecule has 0 bridgehead atoms. The number of aromatic nitrogens is 2. The van der Waals surface area contributed by atoms with E-state index in [0.717, 1.165) is 11.5 Å². The van der Waals surface area contributed by atoms with Crippen LogP contribution in [0, 0.1) is 6.92 Å². The molecule has 1 amide bonds. The zero-order valence-electron chi connectivity index (χ0n) is 10.1. The summed E-state index contributed by atoms with van der Waals surface area (Å²) in [4.78, 5) is 17.8. The van der Waals surface area contributed by atoms with E-state index < -0.39 is 0 Å². The van der Waals surface area contributed by atoms with Gasteiger partial charge in [0.05, 0.1) is 6.54 Å². The summed E-state index contributed by atoms with van der Waals surface area (Å²) in [6.45, 7) is 2.21. The Morgan fingerprint density at radius 1 is 1.50 bits per heavy atom. The maximum atomic E-state index is 12.1. The van der Waals surface area contributed by atoms with Gasteiger partial charge in [-0.25, -0.2) is 4.98 Å². The molecule has 2 aromatic rings. The van der Waals surface area contributed by atoms with Crippen LogP contribution in [0.3, 0.4) is 0 Å². The van der Waals surface area contributed by atoms with Crippen molar-refractivity contribution in [2.75, 3.05) is 7.05 Å². The largest absolute Gasteiger partial charge is 0.361 e. The Bertz CT molecular complexity index is 568. The number of rotatable bonds is 3. The van der Waals surface area contributed by atoms with Gasteiger partial charge in [-0.1, -0.05) is 11.2 Å². The summed E-state index contributed by atoms with van der Waals surface area (Å²) in [6, 6.07) is 7.03. The van der Waals surface area contributed by atoms with Gasteiger partial charge < -0.3 is 9.42 Å². The van der Waals surface area contributed by atoms with E-state index in [2.05, 4.69) is 26.1 Å². The predicted octanol–water partition coefficient (Wildman–Crippen LogP) is 2.41. The lowest BCUT2D eigenvalue weighted by Gasteiger charge is -2.14. The minimum atomic E-state index is -0.156. The highest BCUT2D eigenvalue weighted by Gasteiger charge is 2.15. The Balaban J connectivity index is 2.09. The Kier molecular flexibility index (Phi) is 3.76. The van der Waals surface area contributed by atoms with Gasteiger partial charge in [0.1, 0.15) is 21.8 Å². The number of carbonyl (C=O) groups is 1. The number of carbonyl (C=O) groups excluding carboxylic acids is 1. The fourth-order valence-electron chi connectivity index (χ4n) is 1.53. The topological polar surface area (TPSA) is 59.2 Å². The third-order valence-corrected chi connectivity index (χ3v) is 2.80. The Morgan fingerprint density at radius 3 is 2.89 bits per heavy atom. The van der Waals surface area contributed by atoms with Crippen molar-refractivity contribution in [3.63, 3.8) is 0 Å². The van der Waals surface area contributed by atoms with Gasteiger partial charge in [-0.05, 0) is 35.0 Å². The first-order valence-corrected chi connectivity index (χ1v) is 6.16. The minimum absolute atomic E-state index is 0.156. The summed E-state index contributed by atoms with van der Waals surface area (Å²) in [5, 5.41) is 3.85. The van der Waals surface area contributed by atoms with E-state index in [1.54, 1.807) is 36.2 Å². The van der Waals surface area contributed by atoms with Gasteiger partial charge in [0.25, 0.3) is 5.91 Å². The van der Waals surface area contributed by atoms with Gasteiger partial charge in [-0.2, -0.15) is 0 Å². The van der Waals surface area contributed by atoms with Crippen LogP contribution < -0.4 is 0 Å². The number of hydrogen-bond donors (Lipinski definition) is 0. The van der Waals surface area contributed by atoms with Crippen LogP contribution in [0.4, 0.5) is 0 Å². The maximum Gasteiger partial charge on any atom is 0.272 e. The van der Waals surface area contributed by atoms with Crippen molar-refractivity contribution in [2.24, 2.45) is 0 Å². The average molecular weight is 310 g/mol. The van der Waals surface area contributed by atoms with Gasteiger partial charge in [-0.15, -0.1) is 0 Å². The second kappa shape index (κ2) is 5.30. The van der Waals surface area contributed by atoms with E-state index in [0.29, 0.717) is 16.8 Å². The minimum Gasteiger partial charge on any atom is -0.361 e. The molecule has 6 heteroatoms. The Hall–Kier alpha value is -1.69. The summed E-state index contributed by atoms with van der Waals surface area (Å²) in [5.74, 6) is 0.573. The SMILES string of the molecule is Cc1cc(CN(C)C(=O)c2cccc(Br)n2)no1. The van der Waals surface area contributed by atoms with Gasteiger partial charge in [0.15, 0.2) is 0 Å². The van der Waals surface area contributed by atoms with Crippen LogP contribution in [0.5, 0.6) is 0 Å². The van der Waals surface area contributed by atoms with Crippen molar-refractivity contribution in [1.82, 2.24) is 15.0 Å². The third-order valence-electron chi connectivity index (χ3n) is 2.36. The molecule has 2 rings (SSSR count). The fourth-order valence-corrected chi connectivity index (χ4v) is 1.87. The van der Waals surface area contributed by atoms with Crippen molar-refractivity contribution < 1.29 is 9.32 Å². The molecule has 0 aromatic carbocycles. The highest BCUT2D eigenvalue weighted by Crippen LogP contribution is 2.10. The van der Waals surface area contributed by atoms with E-state index in [4.69, 9.17) is 4.52 Å². The Morgan fingerprint density at radius 2 is 2.28 bits per heavy atom. The first kappa shape index (κ1) is 12.8. The van der Waals surface area contributed by atoms with E-state index in [-0.39, 0.29) is 5.91 Å². The van der Waals surface area contributed by atoms with Gasteiger partial charge in [0.2, 0.25) is 0 Å². The molecule has 0 N–H and O–H groups in total. The number of pyridine rings is 1. The molecule has 0 unspecified atom stereocenters. The number of amides is 1. The quantitative estimate of drug-likeness (QED) is 0.817. The first-order chi connectivity index (χ1) is 8.56. The predicted molar refractivity (Wildman–Crippen MR) is 69.0 cm³/mol. The first-order valence-electron chi connectivity index (χ1n) is 5.36. The highest BCUT2D eigenvalue weighted by atomic mass is 79.9. The standard InChI is InChI=1S/C12H12BrN3O2/c1-8-6-9(15-18-8)7-16(2)12(17)10-4-3-5-11(13)14-10/h3-6H,7H2,1-2H3. The molecule has 0 spiro atoms.